The Labute approximate surface area is 84.3 Å². The van der Waals surface area contributed by atoms with Crippen LogP contribution in [0, 0.1) is 5.92 Å². The van der Waals surface area contributed by atoms with Crippen molar-refractivity contribution in [1.82, 2.24) is 4.98 Å². The molecule has 1 aromatic heterocycles. The monoisotopic (exact) mass is 192 g/mol. The predicted octanol–water partition coefficient (Wildman–Crippen LogP) is 1.89. The van der Waals surface area contributed by atoms with E-state index in [0.29, 0.717) is 0 Å². The molecule has 1 aromatic rings. The summed E-state index contributed by atoms with van der Waals surface area (Å²) < 4.78 is 5.23. The van der Waals surface area contributed by atoms with Crippen LogP contribution in [0.4, 0.5) is 0 Å². The minimum atomic E-state index is 0.0265. The first-order chi connectivity index (χ1) is 6.81. The Hall–Kier alpha value is -1.09. The van der Waals surface area contributed by atoms with Crippen LogP contribution in [-0.2, 0) is 0 Å². The molecule has 1 saturated carbocycles. The maximum Gasteiger partial charge on any atom is 0.141 e. The maximum atomic E-state index is 6.07. The first kappa shape index (κ1) is 9.46. The summed E-state index contributed by atoms with van der Waals surface area (Å²) in [6, 6.07) is 3.81. The zero-order chi connectivity index (χ0) is 9.97. The molecule has 3 heteroatoms. The molecule has 1 heterocycles. The van der Waals surface area contributed by atoms with Crippen LogP contribution in [0.25, 0.3) is 0 Å². The van der Waals surface area contributed by atoms with E-state index in [4.69, 9.17) is 10.5 Å². The molecule has 0 aromatic carbocycles. The van der Waals surface area contributed by atoms with E-state index >= 15 is 0 Å². The molecule has 0 amide bonds. The van der Waals surface area contributed by atoms with Gasteiger partial charge in [0.15, 0.2) is 0 Å². The zero-order valence-corrected chi connectivity index (χ0v) is 8.44. The van der Waals surface area contributed by atoms with Gasteiger partial charge >= 0.3 is 0 Å². The van der Waals surface area contributed by atoms with E-state index in [9.17, 15) is 0 Å². The highest BCUT2D eigenvalue weighted by Crippen LogP contribution is 2.37. The molecule has 0 spiro atoms. The van der Waals surface area contributed by atoms with Crippen molar-refractivity contribution in [2.75, 3.05) is 7.11 Å². The zero-order valence-electron chi connectivity index (χ0n) is 8.44. The molecule has 0 unspecified atom stereocenters. The molecule has 0 aliphatic heterocycles. The highest BCUT2D eigenvalue weighted by Gasteiger charge is 2.26. The van der Waals surface area contributed by atoms with E-state index in [1.807, 2.05) is 12.1 Å². The van der Waals surface area contributed by atoms with Gasteiger partial charge in [-0.2, -0.15) is 0 Å². The van der Waals surface area contributed by atoms with Crippen molar-refractivity contribution in [2.45, 2.75) is 25.3 Å². The number of nitrogens with zero attached hydrogens (tertiary/aromatic N) is 1. The van der Waals surface area contributed by atoms with Crippen molar-refractivity contribution in [1.29, 1.82) is 0 Å². The Bertz CT molecular complexity index is 310. The van der Waals surface area contributed by atoms with Crippen molar-refractivity contribution < 1.29 is 4.74 Å². The summed E-state index contributed by atoms with van der Waals surface area (Å²) in [5.41, 5.74) is 6.96. The molecule has 1 fully saturated rings. The lowest BCUT2D eigenvalue weighted by atomic mass is 10.1. The quantitative estimate of drug-likeness (QED) is 0.792. The van der Waals surface area contributed by atoms with Gasteiger partial charge in [-0.05, 0) is 24.5 Å². The molecule has 2 rings (SSSR count). The third kappa shape index (κ3) is 2.04. The van der Waals surface area contributed by atoms with Gasteiger partial charge in [-0.3, -0.25) is 4.98 Å². The van der Waals surface area contributed by atoms with Crippen LogP contribution in [0.1, 0.15) is 31.0 Å². The molecule has 3 nitrogen and oxygen atoms in total. The Morgan fingerprint density at radius 1 is 1.64 bits per heavy atom. The van der Waals surface area contributed by atoms with E-state index in [2.05, 4.69) is 4.98 Å². The van der Waals surface area contributed by atoms with Gasteiger partial charge in [0.2, 0.25) is 0 Å². The van der Waals surface area contributed by atoms with Gasteiger partial charge in [-0.1, -0.05) is 12.8 Å². The number of nitrogens with two attached hydrogens (primary N) is 1. The van der Waals surface area contributed by atoms with E-state index < -0.39 is 0 Å². The van der Waals surface area contributed by atoms with Crippen LogP contribution in [0.5, 0.6) is 5.75 Å². The van der Waals surface area contributed by atoms with Crippen LogP contribution < -0.4 is 10.5 Å². The van der Waals surface area contributed by atoms with Gasteiger partial charge in [0.05, 0.1) is 18.8 Å². The molecule has 14 heavy (non-hydrogen) atoms. The fraction of sp³-hybridized carbons (Fsp3) is 0.545. The summed E-state index contributed by atoms with van der Waals surface area (Å²) in [5.74, 6) is 1.62. The molecule has 1 aliphatic rings. The molecular formula is C11H16N2O. The third-order valence-corrected chi connectivity index (χ3v) is 2.66. The number of hydrogen-bond acceptors (Lipinski definition) is 3. The summed E-state index contributed by atoms with van der Waals surface area (Å²) >= 11 is 0. The third-order valence-electron chi connectivity index (χ3n) is 2.66. The SMILES string of the molecule is COc1cccnc1[C@H](N)CC1CC1. The van der Waals surface area contributed by atoms with Crippen molar-refractivity contribution in [3.8, 4) is 5.75 Å². The van der Waals surface area contributed by atoms with E-state index in [1.54, 1.807) is 13.3 Å². The van der Waals surface area contributed by atoms with Gasteiger partial charge in [0.25, 0.3) is 0 Å². The van der Waals surface area contributed by atoms with E-state index in [0.717, 1.165) is 23.8 Å². The van der Waals surface area contributed by atoms with E-state index in [-0.39, 0.29) is 6.04 Å². The van der Waals surface area contributed by atoms with Gasteiger partial charge < -0.3 is 10.5 Å². The number of aromatic nitrogens is 1. The van der Waals surface area contributed by atoms with Crippen molar-refractivity contribution in [3.63, 3.8) is 0 Å². The predicted molar refractivity (Wildman–Crippen MR) is 55.1 cm³/mol. The normalized spacial score (nSPS) is 17.9. The second kappa shape index (κ2) is 3.96. The second-order valence-electron chi connectivity index (χ2n) is 3.88. The second-order valence-corrected chi connectivity index (χ2v) is 3.88. The van der Waals surface area contributed by atoms with Crippen LogP contribution in [0.15, 0.2) is 18.3 Å². The fourth-order valence-corrected chi connectivity index (χ4v) is 1.68. The number of rotatable bonds is 4. The Kier molecular flexibility index (Phi) is 2.68. The summed E-state index contributed by atoms with van der Waals surface area (Å²) in [5, 5.41) is 0. The lowest BCUT2D eigenvalue weighted by Crippen LogP contribution is -2.13. The highest BCUT2D eigenvalue weighted by molar-refractivity contribution is 5.29. The Balaban J connectivity index is 2.11. The van der Waals surface area contributed by atoms with Crippen LogP contribution >= 0.6 is 0 Å². The standard InChI is InChI=1S/C11H16N2O/c1-14-10-3-2-6-13-11(10)9(12)7-8-4-5-8/h2-3,6,8-9H,4-5,7,12H2,1H3/t9-/m1/s1. The fourth-order valence-electron chi connectivity index (χ4n) is 1.68. The molecule has 1 atom stereocenters. The molecule has 76 valence electrons. The van der Waals surface area contributed by atoms with Crippen LogP contribution in [0.3, 0.4) is 0 Å². The lowest BCUT2D eigenvalue weighted by Gasteiger charge is -2.13. The van der Waals surface area contributed by atoms with Gasteiger partial charge in [0, 0.05) is 6.20 Å². The summed E-state index contributed by atoms with van der Waals surface area (Å²) in [7, 11) is 1.66. The molecule has 0 bridgehead atoms. The summed E-state index contributed by atoms with van der Waals surface area (Å²) in [6.07, 6.45) is 5.45. The number of hydrogen-bond donors (Lipinski definition) is 1. The minimum Gasteiger partial charge on any atom is -0.495 e. The Morgan fingerprint density at radius 2 is 2.43 bits per heavy atom. The number of methoxy groups -OCH3 is 1. The molecule has 0 saturated heterocycles. The van der Waals surface area contributed by atoms with Gasteiger partial charge in [-0.25, -0.2) is 0 Å². The van der Waals surface area contributed by atoms with Crippen molar-refractivity contribution in [2.24, 2.45) is 11.7 Å². The van der Waals surface area contributed by atoms with Gasteiger partial charge in [-0.15, -0.1) is 0 Å². The molecule has 0 radical (unpaired) electrons. The minimum absolute atomic E-state index is 0.0265. The smallest absolute Gasteiger partial charge is 0.141 e. The topological polar surface area (TPSA) is 48.1 Å². The molecule has 1 aliphatic carbocycles. The lowest BCUT2D eigenvalue weighted by molar-refractivity contribution is 0.398. The van der Waals surface area contributed by atoms with Crippen LogP contribution in [0.2, 0.25) is 0 Å². The average Bonchev–Trinajstić information content (AvgIpc) is 3.01. The number of ether oxygens (including phenoxy) is 1. The largest absolute Gasteiger partial charge is 0.495 e. The highest BCUT2D eigenvalue weighted by atomic mass is 16.5. The summed E-state index contributed by atoms with van der Waals surface area (Å²) in [6.45, 7) is 0. The summed E-state index contributed by atoms with van der Waals surface area (Å²) in [4.78, 5) is 4.28. The van der Waals surface area contributed by atoms with Crippen LogP contribution in [-0.4, -0.2) is 12.1 Å². The first-order valence-corrected chi connectivity index (χ1v) is 5.05. The molecular weight excluding hydrogens is 176 g/mol. The first-order valence-electron chi connectivity index (χ1n) is 5.05. The van der Waals surface area contributed by atoms with Crippen molar-refractivity contribution in [3.05, 3.63) is 24.0 Å². The number of pyridine rings is 1. The van der Waals surface area contributed by atoms with Crippen molar-refractivity contribution >= 4 is 0 Å². The Morgan fingerprint density at radius 3 is 3.07 bits per heavy atom. The van der Waals surface area contributed by atoms with E-state index in [1.165, 1.54) is 12.8 Å². The molecule has 2 N–H and O–H groups in total. The average molecular weight is 192 g/mol. The van der Waals surface area contributed by atoms with Gasteiger partial charge in [0.1, 0.15) is 5.75 Å². The maximum absolute atomic E-state index is 6.07.